The smallest absolute Gasteiger partial charge is 0.101 e. The second-order valence-corrected chi connectivity index (χ2v) is 4.99. The number of hydrogen-bond donors (Lipinski definition) is 2. The summed E-state index contributed by atoms with van der Waals surface area (Å²) in [4.78, 5) is 0. The molecular weight excluding hydrogens is 271 g/mol. The Morgan fingerprint density at radius 1 is 1.33 bits per heavy atom. The molecule has 0 spiro atoms. The average molecular weight is 285 g/mol. The predicted molar refractivity (Wildman–Crippen MR) is 73.7 cm³/mol. The van der Waals surface area contributed by atoms with Crippen LogP contribution >= 0.6 is 23.2 Å². The summed E-state index contributed by atoms with van der Waals surface area (Å²) >= 11 is 12.0. The highest BCUT2D eigenvalue weighted by Gasteiger charge is 2.14. The Balaban J connectivity index is 2.20. The maximum Gasteiger partial charge on any atom is 0.101 e. The summed E-state index contributed by atoms with van der Waals surface area (Å²) in [7, 11) is 0. The largest absolute Gasteiger partial charge is 0.469 e. The summed E-state index contributed by atoms with van der Waals surface area (Å²) < 4.78 is 5.28. The fourth-order valence-electron chi connectivity index (χ4n) is 1.83. The van der Waals surface area contributed by atoms with Crippen molar-refractivity contribution < 1.29 is 4.42 Å². The van der Waals surface area contributed by atoms with Crippen molar-refractivity contribution in [3.05, 3.63) is 57.5 Å². The molecule has 0 radical (unpaired) electrons. The average Bonchev–Trinajstić information content (AvgIpc) is 2.75. The molecule has 1 aromatic carbocycles. The van der Waals surface area contributed by atoms with Gasteiger partial charge in [-0.15, -0.1) is 0 Å². The second kappa shape index (κ2) is 5.76. The van der Waals surface area contributed by atoms with E-state index >= 15 is 0 Å². The molecule has 0 saturated heterocycles. The molecule has 1 aromatic heterocycles. The van der Waals surface area contributed by atoms with E-state index in [2.05, 4.69) is 5.43 Å². The number of hydrazine groups is 1. The van der Waals surface area contributed by atoms with Gasteiger partial charge in [-0.05, 0) is 37.1 Å². The van der Waals surface area contributed by atoms with Crippen LogP contribution in [-0.2, 0) is 6.42 Å². The molecule has 1 heterocycles. The van der Waals surface area contributed by atoms with Crippen LogP contribution in [0, 0.1) is 6.92 Å². The first-order chi connectivity index (χ1) is 8.60. The Kier molecular flexibility index (Phi) is 4.30. The van der Waals surface area contributed by atoms with E-state index in [0.29, 0.717) is 16.5 Å². The quantitative estimate of drug-likeness (QED) is 0.666. The number of halogens is 2. The van der Waals surface area contributed by atoms with E-state index in [0.717, 1.165) is 16.9 Å². The maximum absolute atomic E-state index is 6.15. The first-order valence-electron chi connectivity index (χ1n) is 5.55. The lowest BCUT2D eigenvalue weighted by Crippen LogP contribution is -2.29. The fourth-order valence-corrected chi connectivity index (χ4v) is 2.31. The van der Waals surface area contributed by atoms with Crippen LogP contribution < -0.4 is 11.3 Å². The van der Waals surface area contributed by atoms with Gasteiger partial charge in [-0.2, -0.15) is 0 Å². The van der Waals surface area contributed by atoms with Crippen LogP contribution in [0.5, 0.6) is 0 Å². The van der Waals surface area contributed by atoms with Crippen molar-refractivity contribution >= 4 is 23.2 Å². The lowest BCUT2D eigenvalue weighted by Gasteiger charge is -2.15. The van der Waals surface area contributed by atoms with Crippen LogP contribution in [0.15, 0.2) is 34.9 Å². The van der Waals surface area contributed by atoms with E-state index in [-0.39, 0.29) is 6.04 Å². The van der Waals surface area contributed by atoms with E-state index in [1.807, 2.05) is 25.1 Å². The summed E-state index contributed by atoms with van der Waals surface area (Å²) in [6.07, 6.45) is 2.37. The Labute approximate surface area is 116 Å². The maximum atomic E-state index is 6.15. The summed E-state index contributed by atoms with van der Waals surface area (Å²) in [5.74, 6) is 6.44. The first kappa shape index (κ1) is 13.4. The highest BCUT2D eigenvalue weighted by atomic mass is 35.5. The minimum atomic E-state index is -0.0406. The van der Waals surface area contributed by atoms with Crippen molar-refractivity contribution in [3.8, 4) is 0 Å². The van der Waals surface area contributed by atoms with Gasteiger partial charge in [0.1, 0.15) is 5.76 Å². The highest BCUT2D eigenvalue weighted by molar-refractivity contribution is 6.35. The zero-order valence-electron chi connectivity index (χ0n) is 9.91. The van der Waals surface area contributed by atoms with Crippen LogP contribution in [0.4, 0.5) is 0 Å². The summed E-state index contributed by atoms with van der Waals surface area (Å²) in [6.45, 7) is 1.90. The van der Waals surface area contributed by atoms with Crippen molar-refractivity contribution in [1.82, 2.24) is 5.43 Å². The molecule has 0 amide bonds. The van der Waals surface area contributed by atoms with Gasteiger partial charge >= 0.3 is 0 Å². The SMILES string of the molecule is Cc1cc(C(Cc2ccc(Cl)cc2Cl)NN)co1. The number of furan rings is 1. The van der Waals surface area contributed by atoms with Crippen LogP contribution in [-0.4, -0.2) is 0 Å². The fraction of sp³-hybridized carbons (Fsp3) is 0.231. The number of aryl methyl sites for hydroxylation is 1. The molecule has 18 heavy (non-hydrogen) atoms. The first-order valence-corrected chi connectivity index (χ1v) is 6.31. The number of nitrogens with one attached hydrogen (secondary N) is 1. The summed E-state index contributed by atoms with van der Waals surface area (Å²) in [6, 6.07) is 7.36. The second-order valence-electron chi connectivity index (χ2n) is 4.15. The van der Waals surface area contributed by atoms with Crippen LogP contribution in [0.3, 0.4) is 0 Å². The number of rotatable bonds is 4. The molecule has 0 bridgehead atoms. The van der Waals surface area contributed by atoms with E-state index < -0.39 is 0 Å². The number of hydrogen-bond acceptors (Lipinski definition) is 3. The number of nitrogens with two attached hydrogens (primary N) is 1. The van der Waals surface area contributed by atoms with E-state index in [9.17, 15) is 0 Å². The molecule has 2 rings (SSSR count). The predicted octanol–water partition coefficient (Wildman–Crippen LogP) is 3.64. The van der Waals surface area contributed by atoms with Gasteiger partial charge in [0, 0.05) is 15.6 Å². The molecule has 3 N–H and O–H groups in total. The van der Waals surface area contributed by atoms with E-state index in [1.165, 1.54) is 0 Å². The molecule has 0 aliphatic rings. The minimum absolute atomic E-state index is 0.0406. The molecule has 0 fully saturated rings. The molecule has 1 unspecified atom stereocenters. The van der Waals surface area contributed by atoms with Crippen molar-refractivity contribution in [3.63, 3.8) is 0 Å². The third-order valence-electron chi connectivity index (χ3n) is 2.79. The van der Waals surface area contributed by atoms with E-state index in [4.69, 9.17) is 33.5 Å². The monoisotopic (exact) mass is 284 g/mol. The minimum Gasteiger partial charge on any atom is -0.469 e. The normalized spacial score (nSPS) is 12.7. The van der Waals surface area contributed by atoms with Crippen LogP contribution in [0.2, 0.25) is 10.0 Å². The Hall–Kier alpha value is -1.00. The molecule has 0 saturated carbocycles. The van der Waals surface area contributed by atoms with Gasteiger partial charge in [-0.3, -0.25) is 11.3 Å². The van der Waals surface area contributed by atoms with E-state index in [1.54, 1.807) is 12.3 Å². The molecule has 3 nitrogen and oxygen atoms in total. The molecule has 96 valence electrons. The van der Waals surface area contributed by atoms with Crippen LogP contribution in [0.1, 0.15) is 22.9 Å². The van der Waals surface area contributed by atoms with Crippen molar-refractivity contribution in [2.45, 2.75) is 19.4 Å². The third kappa shape index (κ3) is 3.06. The Bertz CT molecular complexity index is 540. The zero-order valence-corrected chi connectivity index (χ0v) is 11.4. The van der Waals surface area contributed by atoms with Crippen molar-refractivity contribution in [2.24, 2.45) is 5.84 Å². The Morgan fingerprint density at radius 3 is 2.67 bits per heavy atom. The van der Waals surface area contributed by atoms with Crippen molar-refractivity contribution in [2.75, 3.05) is 0 Å². The number of benzene rings is 1. The lowest BCUT2D eigenvalue weighted by atomic mass is 10.0. The lowest BCUT2D eigenvalue weighted by molar-refractivity contribution is 0.511. The van der Waals surface area contributed by atoms with Gasteiger partial charge in [0.05, 0.1) is 12.3 Å². The van der Waals surface area contributed by atoms with Gasteiger partial charge in [0.2, 0.25) is 0 Å². The summed E-state index contributed by atoms with van der Waals surface area (Å²) in [5, 5.41) is 1.27. The van der Waals surface area contributed by atoms with Gasteiger partial charge < -0.3 is 4.42 Å². The molecule has 0 aliphatic carbocycles. The molecule has 2 aromatic rings. The molecule has 1 atom stereocenters. The van der Waals surface area contributed by atoms with Gasteiger partial charge in [-0.1, -0.05) is 29.3 Å². The topological polar surface area (TPSA) is 51.2 Å². The molecule has 5 heteroatoms. The standard InChI is InChI=1S/C13H14Cl2N2O/c1-8-4-10(7-18-8)13(17-16)5-9-2-3-11(14)6-12(9)15/h2-4,6-7,13,17H,5,16H2,1H3. The van der Waals surface area contributed by atoms with Crippen molar-refractivity contribution in [1.29, 1.82) is 0 Å². The van der Waals surface area contributed by atoms with Crippen LogP contribution in [0.25, 0.3) is 0 Å². The third-order valence-corrected chi connectivity index (χ3v) is 3.38. The van der Waals surface area contributed by atoms with Gasteiger partial charge in [-0.25, -0.2) is 0 Å². The highest BCUT2D eigenvalue weighted by Crippen LogP contribution is 2.26. The zero-order chi connectivity index (χ0) is 13.1. The molecular formula is C13H14Cl2N2O. The summed E-state index contributed by atoms with van der Waals surface area (Å²) in [5.41, 5.74) is 4.76. The Morgan fingerprint density at radius 2 is 2.11 bits per heavy atom. The van der Waals surface area contributed by atoms with Gasteiger partial charge in [0.15, 0.2) is 0 Å². The molecule has 0 aliphatic heterocycles. The van der Waals surface area contributed by atoms with Gasteiger partial charge in [0.25, 0.3) is 0 Å².